The quantitative estimate of drug-likeness (QED) is 0.620. The zero-order chi connectivity index (χ0) is 19.4. The third-order valence-corrected chi connectivity index (χ3v) is 5.34. The molecular weight excluding hydrogens is 406 g/mol. The molecule has 4 nitrogen and oxygen atoms in total. The molecule has 0 radical (unpaired) electrons. The molecule has 0 saturated carbocycles. The van der Waals surface area contributed by atoms with E-state index in [1.165, 1.54) is 0 Å². The second-order valence-corrected chi connectivity index (χ2v) is 7.76. The number of halogens is 1. The Hall–Kier alpha value is -2.27. The third kappa shape index (κ3) is 4.03. The summed E-state index contributed by atoms with van der Waals surface area (Å²) >= 11 is 3.44. The Morgan fingerprint density at radius 2 is 1.81 bits per heavy atom. The van der Waals surface area contributed by atoms with Crippen LogP contribution in [0, 0.1) is 0 Å². The second kappa shape index (κ2) is 8.17. The molecule has 2 atom stereocenters. The summed E-state index contributed by atoms with van der Waals surface area (Å²) in [6, 6.07) is 17.1. The van der Waals surface area contributed by atoms with Crippen LogP contribution >= 0.6 is 15.9 Å². The topological polar surface area (TPSA) is 55.7 Å². The second-order valence-electron chi connectivity index (χ2n) is 6.84. The maximum atomic E-state index is 13.1. The van der Waals surface area contributed by atoms with E-state index in [2.05, 4.69) is 20.9 Å². The van der Waals surface area contributed by atoms with Crippen molar-refractivity contribution in [2.75, 3.05) is 0 Å². The fourth-order valence-corrected chi connectivity index (χ4v) is 3.85. The van der Waals surface area contributed by atoms with E-state index in [0.29, 0.717) is 12.3 Å². The Morgan fingerprint density at radius 3 is 2.41 bits per heavy atom. The van der Waals surface area contributed by atoms with Gasteiger partial charge in [0.2, 0.25) is 5.90 Å². The number of hydrogen-bond donors (Lipinski definition) is 0. The summed E-state index contributed by atoms with van der Waals surface area (Å²) in [6.07, 6.45) is 1.47. The minimum Gasteiger partial charge on any atom is -0.460 e. The van der Waals surface area contributed by atoms with Gasteiger partial charge in [-0.2, -0.15) is 4.99 Å². The van der Waals surface area contributed by atoms with Gasteiger partial charge < -0.3 is 9.53 Å². The smallest absolute Gasteiger partial charge is 0.293 e. The largest absolute Gasteiger partial charge is 0.460 e. The first-order valence-electron chi connectivity index (χ1n) is 9.08. The highest BCUT2D eigenvalue weighted by Gasteiger charge is 2.52. The summed E-state index contributed by atoms with van der Waals surface area (Å²) < 4.78 is 7.21. The number of rotatable bonds is 7. The molecule has 0 fully saturated rings. The van der Waals surface area contributed by atoms with Gasteiger partial charge in [0, 0.05) is 22.4 Å². The van der Waals surface area contributed by atoms with E-state index in [4.69, 9.17) is 4.74 Å². The Kier molecular flexibility index (Phi) is 5.90. The highest BCUT2D eigenvalue weighted by atomic mass is 79.9. The lowest BCUT2D eigenvalue weighted by Gasteiger charge is -2.34. The van der Waals surface area contributed by atoms with Crippen LogP contribution in [0.15, 0.2) is 64.1 Å². The van der Waals surface area contributed by atoms with Gasteiger partial charge in [-0.1, -0.05) is 59.6 Å². The third-order valence-electron chi connectivity index (χ3n) is 4.81. The van der Waals surface area contributed by atoms with E-state index in [1.807, 2.05) is 61.5 Å². The van der Waals surface area contributed by atoms with E-state index in [0.717, 1.165) is 22.0 Å². The minimum absolute atomic E-state index is 0.0166. The summed E-state index contributed by atoms with van der Waals surface area (Å²) in [5.74, 6) is -0.347. The molecule has 0 aromatic heterocycles. The van der Waals surface area contributed by atoms with E-state index in [9.17, 15) is 9.59 Å². The molecule has 0 unspecified atom stereocenters. The summed E-state index contributed by atoms with van der Waals surface area (Å²) in [5.41, 5.74) is 0.514. The van der Waals surface area contributed by atoms with Gasteiger partial charge in [0.25, 0.3) is 5.91 Å². The van der Waals surface area contributed by atoms with Gasteiger partial charge in [0.05, 0.1) is 0 Å². The molecule has 5 heteroatoms. The lowest BCUT2D eigenvalue weighted by atomic mass is 9.76. The fourth-order valence-electron chi connectivity index (χ4n) is 3.59. The first-order chi connectivity index (χ1) is 13.0. The van der Waals surface area contributed by atoms with Crippen molar-refractivity contribution in [2.45, 2.75) is 44.6 Å². The number of carbonyl (C=O) groups excluding carboxylic acids is 2. The van der Waals surface area contributed by atoms with E-state index >= 15 is 0 Å². The number of nitrogens with zero attached hydrogens (tertiary/aromatic N) is 1. The van der Waals surface area contributed by atoms with Crippen LogP contribution < -0.4 is 0 Å². The van der Waals surface area contributed by atoms with Crippen molar-refractivity contribution in [1.29, 1.82) is 0 Å². The van der Waals surface area contributed by atoms with Crippen LogP contribution in [-0.4, -0.2) is 23.2 Å². The van der Waals surface area contributed by atoms with E-state index < -0.39 is 5.60 Å². The van der Waals surface area contributed by atoms with Crippen LogP contribution in [0.3, 0.4) is 0 Å². The number of carbonyl (C=O) groups is 2. The normalized spacial score (nSPS) is 20.1. The van der Waals surface area contributed by atoms with Gasteiger partial charge in [0.15, 0.2) is 5.60 Å². The van der Waals surface area contributed by atoms with Crippen LogP contribution in [0.25, 0.3) is 0 Å². The molecule has 1 heterocycles. The zero-order valence-corrected chi connectivity index (χ0v) is 17.0. The van der Waals surface area contributed by atoms with Gasteiger partial charge in [-0.05, 0) is 43.2 Å². The SMILES string of the molecule is CCC[C@@]1([C@H](CC(C)=O)c2ccc(Br)cc2)OC(c2ccccc2)=NC1=O. The molecule has 0 bridgehead atoms. The predicted octanol–water partition coefficient (Wildman–Crippen LogP) is 5.05. The zero-order valence-electron chi connectivity index (χ0n) is 15.4. The number of ketones is 1. The maximum Gasteiger partial charge on any atom is 0.293 e. The first-order valence-corrected chi connectivity index (χ1v) is 9.88. The summed E-state index contributed by atoms with van der Waals surface area (Å²) in [5, 5.41) is 0. The van der Waals surface area contributed by atoms with Gasteiger partial charge in [-0.3, -0.25) is 4.79 Å². The summed E-state index contributed by atoms with van der Waals surface area (Å²) in [7, 11) is 0. The highest BCUT2D eigenvalue weighted by molar-refractivity contribution is 9.10. The molecule has 27 heavy (non-hydrogen) atoms. The van der Waals surface area contributed by atoms with E-state index in [1.54, 1.807) is 6.92 Å². The molecule has 140 valence electrons. The molecule has 1 aliphatic rings. The van der Waals surface area contributed by atoms with Crippen LogP contribution in [0.5, 0.6) is 0 Å². The lowest BCUT2D eigenvalue weighted by molar-refractivity contribution is -0.134. The first kappa shape index (κ1) is 19.5. The Bertz CT molecular complexity index is 861. The maximum absolute atomic E-state index is 13.1. The van der Waals surface area contributed by atoms with Gasteiger partial charge in [-0.25, -0.2) is 0 Å². The summed E-state index contributed by atoms with van der Waals surface area (Å²) in [4.78, 5) is 29.4. The van der Waals surface area contributed by atoms with Crippen molar-refractivity contribution in [3.63, 3.8) is 0 Å². The van der Waals surface area contributed by atoms with Gasteiger partial charge in [0.1, 0.15) is 5.78 Å². The van der Waals surface area contributed by atoms with Crippen molar-refractivity contribution in [1.82, 2.24) is 0 Å². The number of amides is 1. The summed E-state index contributed by atoms with van der Waals surface area (Å²) in [6.45, 7) is 3.55. The van der Waals surface area contributed by atoms with Gasteiger partial charge in [-0.15, -0.1) is 0 Å². The minimum atomic E-state index is -1.15. The lowest BCUT2D eigenvalue weighted by Crippen LogP contribution is -2.44. The van der Waals surface area contributed by atoms with Crippen LogP contribution in [0.1, 0.15) is 50.2 Å². The highest BCUT2D eigenvalue weighted by Crippen LogP contribution is 2.43. The van der Waals surface area contributed by atoms with E-state index in [-0.39, 0.29) is 24.0 Å². The average molecular weight is 428 g/mol. The molecule has 2 aromatic rings. The van der Waals surface area contributed by atoms with Crippen LogP contribution in [0.4, 0.5) is 0 Å². The number of Topliss-reactive ketones (excluding diaryl/α,β-unsaturated/α-hetero) is 1. The Labute approximate surface area is 167 Å². The number of aliphatic imine (C=N–C) groups is 1. The van der Waals surface area contributed by atoms with Crippen molar-refractivity contribution in [3.8, 4) is 0 Å². The molecule has 0 aliphatic carbocycles. The number of ether oxygens (including phenoxy) is 1. The molecule has 0 saturated heterocycles. The fraction of sp³-hybridized carbons (Fsp3) is 0.318. The molecule has 1 aliphatic heterocycles. The molecule has 2 aromatic carbocycles. The monoisotopic (exact) mass is 427 g/mol. The van der Waals surface area contributed by atoms with Crippen molar-refractivity contribution in [3.05, 3.63) is 70.2 Å². The number of benzene rings is 2. The van der Waals surface area contributed by atoms with Crippen LogP contribution in [-0.2, 0) is 14.3 Å². The van der Waals surface area contributed by atoms with Crippen LogP contribution in [0.2, 0.25) is 0 Å². The Balaban J connectivity index is 2.04. The molecule has 1 amide bonds. The predicted molar refractivity (Wildman–Crippen MR) is 109 cm³/mol. The standard InChI is InChI=1S/C22H22BrNO3/c1-3-13-22(19(14-15(2)25)16-9-11-18(23)12-10-16)21(26)24-20(27-22)17-7-5-4-6-8-17/h4-12,19H,3,13-14H2,1-2H3/t19-,22+/m1/s1. The molecular formula is C22H22BrNO3. The number of hydrogen-bond acceptors (Lipinski definition) is 3. The van der Waals surface area contributed by atoms with Gasteiger partial charge >= 0.3 is 0 Å². The van der Waals surface area contributed by atoms with Crippen molar-refractivity contribution >= 4 is 33.5 Å². The molecule has 0 N–H and O–H groups in total. The molecule has 0 spiro atoms. The average Bonchev–Trinajstić information content (AvgIpc) is 2.99. The van der Waals surface area contributed by atoms with Crippen molar-refractivity contribution in [2.24, 2.45) is 4.99 Å². The van der Waals surface area contributed by atoms with Crippen molar-refractivity contribution < 1.29 is 14.3 Å². The molecule has 3 rings (SSSR count). The Morgan fingerprint density at radius 1 is 1.15 bits per heavy atom.